The zero-order chi connectivity index (χ0) is 22.9. The van der Waals surface area contributed by atoms with Gasteiger partial charge in [-0.3, -0.25) is 4.79 Å². The smallest absolute Gasteiger partial charge is 0.229 e. The fourth-order valence-corrected chi connectivity index (χ4v) is 3.64. The van der Waals surface area contributed by atoms with E-state index in [1.54, 1.807) is 26.0 Å². The lowest BCUT2D eigenvalue weighted by Gasteiger charge is -2.42. The van der Waals surface area contributed by atoms with E-state index in [1.807, 2.05) is 37.3 Å². The summed E-state index contributed by atoms with van der Waals surface area (Å²) in [6, 6.07) is 12.7. The highest BCUT2D eigenvalue weighted by molar-refractivity contribution is 5.95. The van der Waals surface area contributed by atoms with Gasteiger partial charge >= 0.3 is 0 Å². The molecule has 6 atom stereocenters. The third kappa shape index (κ3) is 4.97. The van der Waals surface area contributed by atoms with E-state index >= 15 is 0 Å². The summed E-state index contributed by atoms with van der Waals surface area (Å²) in [6.07, 6.45) is -7.85. The third-order valence-corrected chi connectivity index (χ3v) is 5.65. The van der Waals surface area contributed by atoms with Crippen molar-refractivity contribution in [2.45, 2.75) is 64.5 Å². The van der Waals surface area contributed by atoms with Crippen molar-refractivity contribution in [2.75, 3.05) is 0 Å². The number of aliphatic hydroxyl groups is 4. The monoisotopic (exact) mass is 430 g/mol. The Morgan fingerprint density at radius 3 is 2.29 bits per heavy atom. The van der Waals surface area contributed by atoms with Crippen LogP contribution in [0.15, 0.2) is 42.5 Å². The second kappa shape index (κ2) is 9.46. The van der Waals surface area contributed by atoms with Gasteiger partial charge in [0.05, 0.1) is 6.10 Å². The summed E-state index contributed by atoms with van der Waals surface area (Å²) in [5.41, 5.74) is 3.15. The van der Waals surface area contributed by atoms with Crippen LogP contribution in [0.25, 0.3) is 11.1 Å². The molecule has 2 aromatic carbocycles. The maximum atomic E-state index is 11.7. The van der Waals surface area contributed by atoms with E-state index in [0.29, 0.717) is 11.3 Å². The van der Waals surface area contributed by atoms with E-state index < -0.39 is 36.8 Å². The summed E-state index contributed by atoms with van der Waals surface area (Å²) in [5.74, 6) is 0.187. The first-order valence-electron chi connectivity index (χ1n) is 10.4. The lowest BCUT2D eigenvalue weighted by Crippen LogP contribution is -2.62. The minimum Gasteiger partial charge on any atom is -0.462 e. The highest BCUT2D eigenvalue weighted by Crippen LogP contribution is 2.31. The van der Waals surface area contributed by atoms with E-state index in [1.165, 1.54) is 6.92 Å². The number of hydrogen-bond acceptors (Lipinski definition) is 7. The first-order valence-corrected chi connectivity index (χ1v) is 10.4. The van der Waals surface area contributed by atoms with Crippen LogP contribution in [0.2, 0.25) is 0 Å². The molecule has 0 bridgehead atoms. The Morgan fingerprint density at radius 2 is 1.68 bits per heavy atom. The van der Waals surface area contributed by atoms with Gasteiger partial charge in [0.2, 0.25) is 6.29 Å². The second-order valence-electron chi connectivity index (χ2n) is 8.41. The molecular formula is C24H30O7. The maximum absolute atomic E-state index is 11.7. The van der Waals surface area contributed by atoms with Crippen LogP contribution in [-0.2, 0) is 4.74 Å². The summed E-state index contributed by atoms with van der Waals surface area (Å²) in [7, 11) is 0. The van der Waals surface area contributed by atoms with Crippen molar-refractivity contribution in [1.82, 2.24) is 0 Å². The Labute approximate surface area is 181 Å². The fourth-order valence-electron chi connectivity index (χ4n) is 3.64. The van der Waals surface area contributed by atoms with Gasteiger partial charge in [-0.25, -0.2) is 0 Å². The molecule has 0 amide bonds. The van der Waals surface area contributed by atoms with Gasteiger partial charge in [-0.1, -0.05) is 38.1 Å². The van der Waals surface area contributed by atoms with Crippen molar-refractivity contribution in [3.8, 4) is 16.9 Å². The predicted octanol–water partition coefficient (Wildman–Crippen LogP) is 2.07. The standard InChI is InChI=1S/C24H30O7/c1-12(2)19(26)23-21(28)20(27)22(29)24(31-23)30-18-9-8-17(10-13(18)3)16-7-5-6-15(11-16)14(4)25/h5-12,19-24,26-29H,1-4H3/t19-,20-,21-,22-,23+,24-/m0/s1. The zero-order valence-electron chi connectivity index (χ0n) is 18.1. The van der Waals surface area contributed by atoms with Gasteiger partial charge in [0, 0.05) is 5.56 Å². The SMILES string of the molecule is CC(=O)c1cccc(-c2ccc(O[C@H]3O[C@H]([C@@H](O)C(C)C)[C@@H](O)[C@H](O)[C@@H]3O)c(C)c2)c1. The molecule has 0 unspecified atom stereocenters. The lowest BCUT2D eigenvalue weighted by molar-refractivity contribution is -0.291. The molecule has 3 rings (SSSR count). The minimum atomic E-state index is -1.52. The molecule has 0 radical (unpaired) electrons. The summed E-state index contributed by atoms with van der Waals surface area (Å²) in [4.78, 5) is 11.7. The van der Waals surface area contributed by atoms with Crippen molar-refractivity contribution >= 4 is 5.78 Å². The molecule has 1 aliphatic heterocycles. The minimum absolute atomic E-state index is 0.0131. The molecule has 1 saturated heterocycles. The molecule has 0 saturated carbocycles. The number of rotatable bonds is 6. The number of carbonyl (C=O) groups excluding carboxylic acids is 1. The largest absolute Gasteiger partial charge is 0.462 e. The molecule has 1 heterocycles. The van der Waals surface area contributed by atoms with Gasteiger partial charge < -0.3 is 29.9 Å². The highest BCUT2D eigenvalue weighted by atomic mass is 16.7. The Kier molecular flexibility index (Phi) is 7.13. The number of aryl methyl sites for hydroxylation is 1. The van der Waals surface area contributed by atoms with E-state index in [9.17, 15) is 25.2 Å². The molecule has 1 aliphatic rings. The number of ketones is 1. The maximum Gasteiger partial charge on any atom is 0.229 e. The van der Waals surface area contributed by atoms with Crippen LogP contribution in [0.5, 0.6) is 5.75 Å². The van der Waals surface area contributed by atoms with Gasteiger partial charge in [-0.15, -0.1) is 0 Å². The topological polar surface area (TPSA) is 116 Å². The van der Waals surface area contributed by atoms with Crippen molar-refractivity contribution in [3.05, 3.63) is 53.6 Å². The summed E-state index contributed by atoms with van der Waals surface area (Å²) < 4.78 is 11.5. The van der Waals surface area contributed by atoms with E-state index in [2.05, 4.69) is 0 Å². The van der Waals surface area contributed by atoms with Crippen LogP contribution in [0.3, 0.4) is 0 Å². The average molecular weight is 430 g/mol. The number of benzene rings is 2. The number of Topliss-reactive ketones (excluding diaryl/α,β-unsaturated/α-hetero) is 1. The lowest BCUT2D eigenvalue weighted by atomic mass is 9.90. The molecule has 168 valence electrons. The zero-order valence-corrected chi connectivity index (χ0v) is 18.1. The molecule has 2 aromatic rings. The number of ether oxygens (including phenoxy) is 2. The Morgan fingerprint density at radius 1 is 1.00 bits per heavy atom. The summed E-state index contributed by atoms with van der Waals surface area (Å²) in [5, 5.41) is 41.1. The molecule has 7 heteroatoms. The van der Waals surface area contributed by atoms with Crippen LogP contribution in [-0.4, -0.2) is 63.0 Å². The van der Waals surface area contributed by atoms with Crippen molar-refractivity contribution in [3.63, 3.8) is 0 Å². The van der Waals surface area contributed by atoms with Crippen LogP contribution in [0.1, 0.15) is 36.7 Å². The predicted molar refractivity (Wildman–Crippen MR) is 115 cm³/mol. The number of aliphatic hydroxyl groups excluding tert-OH is 4. The fraction of sp³-hybridized carbons (Fsp3) is 0.458. The van der Waals surface area contributed by atoms with Crippen LogP contribution < -0.4 is 4.74 Å². The Balaban J connectivity index is 1.82. The number of hydrogen-bond donors (Lipinski definition) is 4. The van der Waals surface area contributed by atoms with Gasteiger partial charge in [-0.05, 0) is 54.7 Å². The van der Waals surface area contributed by atoms with Gasteiger partial charge in [0.15, 0.2) is 5.78 Å². The van der Waals surface area contributed by atoms with Gasteiger partial charge in [-0.2, -0.15) is 0 Å². The Bertz CT molecular complexity index is 926. The normalized spacial score (nSPS) is 27.2. The van der Waals surface area contributed by atoms with Gasteiger partial charge in [0.25, 0.3) is 0 Å². The molecule has 0 spiro atoms. The highest BCUT2D eigenvalue weighted by Gasteiger charge is 2.48. The summed E-state index contributed by atoms with van der Waals surface area (Å²) in [6.45, 7) is 6.87. The third-order valence-electron chi connectivity index (χ3n) is 5.65. The Hall–Kier alpha value is -2.29. The molecule has 4 N–H and O–H groups in total. The molecule has 0 aromatic heterocycles. The summed E-state index contributed by atoms with van der Waals surface area (Å²) >= 11 is 0. The van der Waals surface area contributed by atoms with E-state index in [4.69, 9.17) is 9.47 Å². The van der Waals surface area contributed by atoms with Crippen molar-refractivity contribution in [2.24, 2.45) is 5.92 Å². The molecule has 7 nitrogen and oxygen atoms in total. The quantitative estimate of drug-likeness (QED) is 0.519. The van der Waals surface area contributed by atoms with E-state index in [0.717, 1.165) is 16.7 Å². The number of carbonyl (C=O) groups is 1. The van der Waals surface area contributed by atoms with Crippen molar-refractivity contribution < 1.29 is 34.7 Å². The first kappa shape index (κ1) is 23.4. The molecule has 0 aliphatic carbocycles. The molecule has 1 fully saturated rings. The second-order valence-corrected chi connectivity index (χ2v) is 8.41. The van der Waals surface area contributed by atoms with Crippen molar-refractivity contribution in [1.29, 1.82) is 0 Å². The van der Waals surface area contributed by atoms with Gasteiger partial charge in [0.1, 0.15) is 30.2 Å². The molecule has 31 heavy (non-hydrogen) atoms. The van der Waals surface area contributed by atoms with Crippen LogP contribution in [0, 0.1) is 12.8 Å². The average Bonchev–Trinajstić information content (AvgIpc) is 2.74. The van der Waals surface area contributed by atoms with Crippen LogP contribution in [0.4, 0.5) is 0 Å². The van der Waals surface area contributed by atoms with Crippen LogP contribution >= 0.6 is 0 Å². The molecular weight excluding hydrogens is 400 g/mol. The van der Waals surface area contributed by atoms with E-state index in [-0.39, 0.29) is 11.7 Å². The first-order chi connectivity index (χ1) is 14.6.